The number of H-pyrrole nitrogens is 1. The van der Waals surface area contributed by atoms with Crippen molar-refractivity contribution in [2.24, 2.45) is 0 Å². The molecule has 39 heavy (non-hydrogen) atoms. The van der Waals surface area contributed by atoms with Crippen molar-refractivity contribution in [3.63, 3.8) is 0 Å². The van der Waals surface area contributed by atoms with Crippen LogP contribution < -0.4 is 15.0 Å². The van der Waals surface area contributed by atoms with Crippen LogP contribution >= 0.6 is 11.3 Å². The van der Waals surface area contributed by atoms with Crippen molar-refractivity contribution >= 4 is 38.2 Å². The van der Waals surface area contributed by atoms with E-state index in [2.05, 4.69) is 9.71 Å². The molecule has 1 atom stereocenters. The second-order valence-corrected chi connectivity index (χ2v) is 11.5. The molecule has 0 saturated heterocycles. The van der Waals surface area contributed by atoms with E-state index in [1.807, 2.05) is 17.5 Å². The summed E-state index contributed by atoms with van der Waals surface area (Å²) in [6.45, 7) is 0.397. The van der Waals surface area contributed by atoms with Gasteiger partial charge in [0.05, 0.1) is 31.4 Å². The average molecular weight is 564 g/mol. The number of nitrogens with one attached hydrogen (secondary N) is 2. The number of methoxy groups -OCH3 is 1. The van der Waals surface area contributed by atoms with Gasteiger partial charge in [-0.05, 0) is 59.3 Å². The van der Waals surface area contributed by atoms with Gasteiger partial charge in [-0.25, -0.2) is 8.42 Å². The summed E-state index contributed by atoms with van der Waals surface area (Å²) in [6, 6.07) is 20.0. The van der Waals surface area contributed by atoms with Gasteiger partial charge in [-0.1, -0.05) is 24.3 Å². The molecule has 0 aliphatic carbocycles. The summed E-state index contributed by atoms with van der Waals surface area (Å²) in [5, 5.41) is 2.45. The first-order chi connectivity index (χ1) is 18.8. The van der Waals surface area contributed by atoms with E-state index >= 15 is 0 Å². The molecule has 9 nitrogen and oxygen atoms in total. The Morgan fingerprint density at radius 3 is 2.64 bits per heavy atom. The van der Waals surface area contributed by atoms with Crippen molar-refractivity contribution in [3.8, 4) is 5.75 Å². The van der Waals surface area contributed by atoms with Gasteiger partial charge < -0.3 is 19.0 Å². The van der Waals surface area contributed by atoms with Gasteiger partial charge in [-0.3, -0.25) is 9.59 Å². The first kappa shape index (κ1) is 26.4. The van der Waals surface area contributed by atoms with Crippen molar-refractivity contribution in [2.45, 2.75) is 24.0 Å². The number of hydrogen-bond acceptors (Lipinski definition) is 7. The molecule has 1 amide bonds. The molecule has 0 spiro atoms. The number of hydrogen-bond donors (Lipinski definition) is 2. The summed E-state index contributed by atoms with van der Waals surface area (Å²) in [5.41, 5.74) is 0.578. The number of carbonyl (C=O) groups is 1. The number of amides is 1. The van der Waals surface area contributed by atoms with Gasteiger partial charge in [0.2, 0.25) is 21.5 Å². The molecular formula is C28H25N3O6S2. The number of furan rings is 1. The Morgan fingerprint density at radius 2 is 1.90 bits per heavy atom. The fourth-order valence-corrected chi connectivity index (χ4v) is 6.17. The molecule has 0 aliphatic heterocycles. The highest BCUT2D eigenvalue weighted by Gasteiger charge is 2.33. The first-order valence-corrected chi connectivity index (χ1v) is 14.3. The zero-order valence-electron chi connectivity index (χ0n) is 20.9. The minimum Gasteiger partial charge on any atom is -0.496 e. The van der Waals surface area contributed by atoms with Gasteiger partial charge in [0.15, 0.2) is 0 Å². The van der Waals surface area contributed by atoms with Gasteiger partial charge in [0.1, 0.15) is 17.6 Å². The van der Waals surface area contributed by atoms with Crippen molar-refractivity contribution in [1.29, 1.82) is 0 Å². The molecule has 0 aliphatic rings. The van der Waals surface area contributed by atoms with Crippen molar-refractivity contribution in [2.75, 3.05) is 7.11 Å². The monoisotopic (exact) mass is 563 g/mol. The molecule has 0 unspecified atom stereocenters. The molecule has 5 aromatic rings. The number of aromatic amines is 1. The number of ether oxygens (including phenoxy) is 1. The Kier molecular flexibility index (Phi) is 7.64. The largest absolute Gasteiger partial charge is 0.496 e. The number of rotatable bonds is 10. The Bertz CT molecular complexity index is 1710. The number of para-hydroxylation sites is 1. The summed E-state index contributed by atoms with van der Waals surface area (Å²) in [6.07, 6.45) is 1.52. The highest BCUT2D eigenvalue weighted by atomic mass is 32.2. The van der Waals surface area contributed by atoms with Crippen molar-refractivity contribution < 1.29 is 22.4 Å². The lowest BCUT2D eigenvalue weighted by molar-refractivity contribution is -0.134. The molecule has 200 valence electrons. The van der Waals surface area contributed by atoms with Crippen LogP contribution in [0.5, 0.6) is 5.75 Å². The molecule has 0 radical (unpaired) electrons. The Balaban J connectivity index is 1.55. The molecule has 5 rings (SSSR count). The van der Waals surface area contributed by atoms with E-state index in [1.54, 1.807) is 47.4 Å². The number of sulfonamides is 1. The molecule has 0 bridgehead atoms. The standard InChI is InChI=1S/C28H25N3O6S2/c1-36-25-9-3-2-8-23(25)27(28(33)31(17-20-6-4-14-37-20)18-21-7-5-15-38-21)30-39(34,35)22-11-12-24-19(16-22)10-13-26(32)29-24/h2-16,27,30H,17-18H2,1H3,(H,29,32)/t27-/m0/s1. The lowest BCUT2D eigenvalue weighted by Crippen LogP contribution is -2.42. The fraction of sp³-hybridized carbons (Fsp3) is 0.143. The predicted octanol–water partition coefficient (Wildman–Crippen LogP) is 4.44. The lowest BCUT2D eigenvalue weighted by Gasteiger charge is -2.28. The number of benzene rings is 2. The van der Waals surface area contributed by atoms with Crippen LogP contribution in [0.3, 0.4) is 0 Å². The SMILES string of the molecule is COc1ccccc1[C@H](NS(=O)(=O)c1ccc2[nH]c(=O)ccc2c1)C(=O)N(Cc1ccco1)Cc1cccs1. The zero-order valence-corrected chi connectivity index (χ0v) is 22.5. The third kappa shape index (κ3) is 5.95. The maximum absolute atomic E-state index is 14.2. The molecule has 2 N–H and O–H groups in total. The summed E-state index contributed by atoms with van der Waals surface area (Å²) in [4.78, 5) is 30.9. The molecular weight excluding hydrogens is 538 g/mol. The van der Waals surface area contributed by atoms with Crippen molar-refractivity contribution in [3.05, 3.63) is 117 Å². The van der Waals surface area contributed by atoms with E-state index < -0.39 is 22.0 Å². The smallest absolute Gasteiger partial charge is 0.248 e. The lowest BCUT2D eigenvalue weighted by atomic mass is 10.0. The molecule has 0 fully saturated rings. The van der Waals surface area contributed by atoms with E-state index in [4.69, 9.17) is 9.15 Å². The Labute approximate surface area is 228 Å². The maximum Gasteiger partial charge on any atom is 0.248 e. The number of fused-ring (bicyclic) bond motifs is 1. The van der Waals surface area contributed by atoms with E-state index in [0.29, 0.717) is 28.0 Å². The van der Waals surface area contributed by atoms with Gasteiger partial charge >= 0.3 is 0 Å². The number of aromatic nitrogens is 1. The molecule has 3 aromatic heterocycles. The zero-order chi connectivity index (χ0) is 27.4. The van der Waals surface area contributed by atoms with Gasteiger partial charge in [0.25, 0.3) is 0 Å². The highest BCUT2D eigenvalue weighted by molar-refractivity contribution is 7.89. The quantitative estimate of drug-likeness (QED) is 0.259. The average Bonchev–Trinajstić information content (AvgIpc) is 3.65. The third-order valence-electron chi connectivity index (χ3n) is 6.14. The van der Waals surface area contributed by atoms with E-state index in [1.165, 1.54) is 49.0 Å². The van der Waals surface area contributed by atoms with Crippen LogP contribution in [0.1, 0.15) is 22.2 Å². The number of pyridine rings is 1. The van der Waals surface area contributed by atoms with Crippen molar-refractivity contribution in [1.82, 2.24) is 14.6 Å². The van der Waals surface area contributed by atoms with E-state index in [0.717, 1.165) is 4.88 Å². The van der Waals surface area contributed by atoms with Crippen LogP contribution in [-0.4, -0.2) is 31.3 Å². The first-order valence-electron chi connectivity index (χ1n) is 12.0. The minimum atomic E-state index is -4.20. The minimum absolute atomic E-state index is 0.0504. The molecule has 2 aromatic carbocycles. The summed E-state index contributed by atoms with van der Waals surface area (Å²) < 4.78 is 41.0. The third-order valence-corrected chi connectivity index (χ3v) is 8.42. The normalized spacial score (nSPS) is 12.3. The Morgan fingerprint density at radius 1 is 1.05 bits per heavy atom. The van der Waals surface area contributed by atoms with Crippen LogP contribution in [0, 0.1) is 0 Å². The second-order valence-electron chi connectivity index (χ2n) is 8.72. The summed E-state index contributed by atoms with van der Waals surface area (Å²) in [5.74, 6) is 0.451. The van der Waals surface area contributed by atoms with Crippen LogP contribution in [0.2, 0.25) is 0 Å². The van der Waals surface area contributed by atoms with Crippen LogP contribution in [0.4, 0.5) is 0 Å². The van der Waals surface area contributed by atoms with E-state index in [9.17, 15) is 18.0 Å². The van der Waals surface area contributed by atoms with Crippen LogP contribution in [-0.2, 0) is 27.9 Å². The predicted molar refractivity (Wildman–Crippen MR) is 148 cm³/mol. The molecule has 11 heteroatoms. The van der Waals surface area contributed by atoms with Gasteiger partial charge in [-0.15, -0.1) is 11.3 Å². The summed E-state index contributed by atoms with van der Waals surface area (Å²) >= 11 is 1.50. The molecule has 3 heterocycles. The van der Waals surface area contributed by atoms with Crippen LogP contribution in [0.15, 0.2) is 105 Å². The van der Waals surface area contributed by atoms with Gasteiger partial charge in [0, 0.05) is 22.0 Å². The highest BCUT2D eigenvalue weighted by Crippen LogP contribution is 2.30. The van der Waals surface area contributed by atoms with E-state index in [-0.39, 0.29) is 23.5 Å². The van der Waals surface area contributed by atoms with Gasteiger partial charge in [-0.2, -0.15) is 4.72 Å². The Hall–Kier alpha value is -4.19. The maximum atomic E-state index is 14.2. The number of nitrogens with zero attached hydrogens (tertiary/aromatic N) is 1. The molecule has 0 saturated carbocycles. The fourth-order valence-electron chi connectivity index (χ4n) is 4.25. The topological polar surface area (TPSA) is 122 Å². The second kappa shape index (κ2) is 11.3. The summed E-state index contributed by atoms with van der Waals surface area (Å²) in [7, 11) is -2.74. The number of carbonyl (C=O) groups excluding carboxylic acids is 1. The van der Waals surface area contributed by atoms with Crippen LogP contribution in [0.25, 0.3) is 10.9 Å². The number of thiophene rings is 1.